The predicted molar refractivity (Wildman–Crippen MR) is 120 cm³/mol. The molecule has 2 atom stereocenters. The number of ether oxygens (including phenoxy) is 1. The zero-order chi connectivity index (χ0) is 20.2. The topological polar surface area (TPSA) is 44.7 Å². The van der Waals surface area contributed by atoms with Gasteiger partial charge in [-0.3, -0.25) is 0 Å². The van der Waals surface area contributed by atoms with Crippen LogP contribution in [0.15, 0.2) is 72.8 Å². The summed E-state index contributed by atoms with van der Waals surface area (Å²) in [7, 11) is 1.67. The van der Waals surface area contributed by atoms with E-state index in [0.29, 0.717) is 0 Å². The Bertz CT molecular complexity index is 919. The van der Waals surface area contributed by atoms with E-state index in [1.165, 1.54) is 22.3 Å². The molecule has 5 rings (SSSR count). The average Bonchev–Trinajstić information content (AvgIpc) is 3.39. The van der Waals surface area contributed by atoms with E-state index in [1.807, 2.05) is 37.3 Å². The van der Waals surface area contributed by atoms with Crippen LogP contribution < -0.4 is 15.0 Å². The van der Waals surface area contributed by atoms with Crippen LogP contribution in [0.2, 0.25) is 0 Å². The van der Waals surface area contributed by atoms with Crippen LogP contribution in [-0.2, 0) is 0 Å². The minimum Gasteiger partial charge on any atom is -0.497 e. The van der Waals surface area contributed by atoms with E-state index in [4.69, 9.17) is 4.74 Å². The Morgan fingerprint density at radius 2 is 1.55 bits per heavy atom. The van der Waals surface area contributed by atoms with Crippen molar-refractivity contribution in [1.82, 2.24) is 5.32 Å². The molecule has 0 bridgehead atoms. The van der Waals surface area contributed by atoms with E-state index in [0.717, 1.165) is 31.1 Å². The summed E-state index contributed by atoms with van der Waals surface area (Å²) < 4.78 is 5.15. The van der Waals surface area contributed by atoms with Gasteiger partial charge in [0.15, 0.2) is 0 Å². The monoisotopic (exact) mass is 388 g/mol. The van der Waals surface area contributed by atoms with Gasteiger partial charge in [0.25, 0.3) is 0 Å². The normalized spacial score (nSPS) is 17.8. The maximum Gasteiger partial charge on any atom is 0.119 e. The third-order valence-corrected chi connectivity index (χ3v) is 5.53. The van der Waals surface area contributed by atoms with Crippen LogP contribution in [0.3, 0.4) is 0 Å². The summed E-state index contributed by atoms with van der Waals surface area (Å²) in [5.74, 6) is 0.859. The first-order valence-corrected chi connectivity index (χ1v) is 10.2. The molecule has 0 aromatic heterocycles. The van der Waals surface area contributed by atoms with Gasteiger partial charge in [0, 0.05) is 25.3 Å². The van der Waals surface area contributed by atoms with Crippen molar-refractivity contribution in [2.45, 2.75) is 19.1 Å². The number of methoxy groups -OCH3 is 1. The largest absolute Gasteiger partial charge is 0.497 e. The number of rotatable bonds is 4. The van der Waals surface area contributed by atoms with Gasteiger partial charge in [-0.1, -0.05) is 30.3 Å². The molecule has 0 spiro atoms. The molecule has 2 unspecified atom stereocenters. The molecule has 3 aliphatic rings. The highest BCUT2D eigenvalue weighted by Crippen LogP contribution is 2.40. The van der Waals surface area contributed by atoms with Gasteiger partial charge < -0.3 is 20.1 Å². The second-order valence-corrected chi connectivity index (χ2v) is 7.57. The molecule has 2 aromatic rings. The summed E-state index contributed by atoms with van der Waals surface area (Å²) in [5, 5.41) is 13.1. The Morgan fingerprint density at radius 1 is 0.931 bits per heavy atom. The van der Waals surface area contributed by atoms with E-state index in [2.05, 4.69) is 52.7 Å². The highest BCUT2D eigenvalue weighted by atomic mass is 16.5. The lowest BCUT2D eigenvalue weighted by molar-refractivity contribution is 0.151. The summed E-state index contributed by atoms with van der Waals surface area (Å²) >= 11 is 0. The maximum absolute atomic E-state index is 9.80. The van der Waals surface area contributed by atoms with Gasteiger partial charge in [0.1, 0.15) is 5.75 Å². The van der Waals surface area contributed by atoms with Crippen LogP contribution in [-0.4, -0.2) is 44.0 Å². The molecule has 4 nitrogen and oxygen atoms in total. The van der Waals surface area contributed by atoms with Gasteiger partial charge in [-0.15, -0.1) is 0 Å². The predicted octanol–water partition coefficient (Wildman–Crippen LogP) is 4.19. The summed E-state index contributed by atoms with van der Waals surface area (Å²) in [4.78, 5) is 2.25. The molecular weight excluding hydrogens is 360 g/mol. The smallest absolute Gasteiger partial charge is 0.119 e. The Kier molecular flexibility index (Phi) is 5.84. The highest BCUT2D eigenvalue weighted by Gasteiger charge is 2.26. The second kappa shape index (κ2) is 8.68. The number of nitrogens with zero attached hydrogens (tertiary/aromatic N) is 1. The number of piperazine rings is 1. The van der Waals surface area contributed by atoms with Crippen LogP contribution >= 0.6 is 0 Å². The SMILES string of the molecule is COc1ccc(N2CCNCC2C(C)O)cc1.c1ccc(-c2cc3cc-3c2)cc1. The van der Waals surface area contributed by atoms with E-state index in [9.17, 15) is 5.11 Å². The minimum absolute atomic E-state index is 0.136. The maximum atomic E-state index is 9.80. The molecule has 4 heteroatoms. The quantitative estimate of drug-likeness (QED) is 0.550. The molecule has 2 N–H and O–H groups in total. The van der Waals surface area contributed by atoms with Crippen LogP contribution in [0.25, 0.3) is 22.3 Å². The number of benzene rings is 3. The van der Waals surface area contributed by atoms with Crippen LogP contribution in [0, 0.1) is 0 Å². The number of fused-ring (bicyclic) bond motifs is 1. The van der Waals surface area contributed by atoms with Crippen molar-refractivity contribution in [3.8, 4) is 28.0 Å². The lowest BCUT2D eigenvalue weighted by atomic mass is 10.1. The molecule has 150 valence electrons. The number of hydrogen-bond acceptors (Lipinski definition) is 4. The highest BCUT2D eigenvalue weighted by molar-refractivity contribution is 5.89. The van der Waals surface area contributed by atoms with Crippen molar-refractivity contribution in [2.24, 2.45) is 0 Å². The number of hydrogen-bond donors (Lipinski definition) is 2. The summed E-state index contributed by atoms with van der Waals surface area (Å²) in [6.45, 7) is 4.54. The number of aliphatic hydroxyl groups excluding tert-OH is 1. The van der Waals surface area contributed by atoms with Crippen molar-refractivity contribution in [3.63, 3.8) is 0 Å². The molecule has 1 aliphatic heterocycles. The minimum atomic E-state index is -0.343. The summed E-state index contributed by atoms with van der Waals surface area (Å²) in [6.07, 6.45) is -0.343. The Hall–Kier alpha value is -2.82. The van der Waals surface area contributed by atoms with Gasteiger partial charge in [0.2, 0.25) is 0 Å². The van der Waals surface area contributed by atoms with Crippen molar-refractivity contribution in [1.29, 1.82) is 0 Å². The molecule has 2 aromatic carbocycles. The fourth-order valence-electron chi connectivity index (χ4n) is 3.81. The van der Waals surface area contributed by atoms with Crippen molar-refractivity contribution in [3.05, 3.63) is 72.8 Å². The van der Waals surface area contributed by atoms with E-state index in [-0.39, 0.29) is 12.1 Å². The van der Waals surface area contributed by atoms with Crippen LogP contribution in [0.1, 0.15) is 6.92 Å². The molecule has 0 amide bonds. The third-order valence-electron chi connectivity index (χ3n) is 5.53. The molecular formula is C25H28N2O2. The van der Waals surface area contributed by atoms with Gasteiger partial charge in [-0.25, -0.2) is 0 Å². The molecule has 0 saturated carbocycles. The van der Waals surface area contributed by atoms with Gasteiger partial charge >= 0.3 is 0 Å². The first-order chi connectivity index (χ1) is 14.2. The lowest BCUT2D eigenvalue weighted by Gasteiger charge is -2.39. The molecule has 0 radical (unpaired) electrons. The molecule has 29 heavy (non-hydrogen) atoms. The van der Waals surface area contributed by atoms with Crippen LogP contribution in [0.4, 0.5) is 5.69 Å². The Labute approximate surface area is 172 Å². The van der Waals surface area contributed by atoms with Crippen molar-refractivity contribution in [2.75, 3.05) is 31.6 Å². The Balaban J connectivity index is 0.000000149. The lowest BCUT2D eigenvalue weighted by Crippen LogP contribution is -2.55. The second-order valence-electron chi connectivity index (χ2n) is 7.57. The molecule has 1 saturated heterocycles. The molecule has 1 fully saturated rings. The number of nitrogens with one attached hydrogen (secondary N) is 1. The summed E-state index contributed by atoms with van der Waals surface area (Å²) in [6, 6.07) is 25.3. The van der Waals surface area contributed by atoms with E-state index >= 15 is 0 Å². The summed E-state index contributed by atoms with van der Waals surface area (Å²) in [5.41, 5.74) is 6.63. The zero-order valence-corrected chi connectivity index (χ0v) is 17.0. The van der Waals surface area contributed by atoms with Crippen LogP contribution in [0.5, 0.6) is 5.75 Å². The fraction of sp³-hybridized carbons (Fsp3) is 0.280. The van der Waals surface area contributed by atoms with Gasteiger partial charge in [0.05, 0.1) is 19.3 Å². The first kappa shape index (κ1) is 19.5. The number of anilines is 1. The van der Waals surface area contributed by atoms with E-state index in [1.54, 1.807) is 7.11 Å². The average molecular weight is 389 g/mol. The molecule has 1 heterocycles. The van der Waals surface area contributed by atoms with Crippen molar-refractivity contribution >= 4 is 5.69 Å². The first-order valence-electron chi connectivity index (χ1n) is 10.2. The fourth-order valence-corrected chi connectivity index (χ4v) is 3.81. The third kappa shape index (κ3) is 4.61. The van der Waals surface area contributed by atoms with Gasteiger partial charge in [-0.2, -0.15) is 0 Å². The zero-order valence-electron chi connectivity index (χ0n) is 17.0. The standard InChI is InChI=1S/C13H20N2O2.C12H8/c1-10(16)13-9-14-7-8-15(13)11-3-5-12(17-2)6-4-11;1-2-4-9(5-3-1)10-6-11-8-12(11)7-10/h3-6,10,13-14,16H,7-9H2,1-2H3;1-8H. The Morgan fingerprint density at radius 3 is 2.14 bits per heavy atom. The van der Waals surface area contributed by atoms with Gasteiger partial charge in [-0.05, 0) is 71.6 Å². The number of aliphatic hydroxyl groups is 1. The molecule has 2 aliphatic carbocycles. The van der Waals surface area contributed by atoms with E-state index < -0.39 is 0 Å². The van der Waals surface area contributed by atoms with Crippen molar-refractivity contribution < 1.29 is 9.84 Å².